The molecule has 0 aliphatic rings. The lowest BCUT2D eigenvalue weighted by atomic mass is 9.92. The van der Waals surface area contributed by atoms with Gasteiger partial charge in [0.1, 0.15) is 11.4 Å². The zero-order chi connectivity index (χ0) is 14.9. The summed E-state index contributed by atoms with van der Waals surface area (Å²) in [5.74, 6) is 0.172. The van der Waals surface area contributed by atoms with Gasteiger partial charge >= 0.3 is 0 Å². The largest absolute Gasteiger partial charge is 0.508 e. The number of hydrogen-bond acceptors (Lipinski definition) is 3. The van der Waals surface area contributed by atoms with E-state index in [2.05, 4.69) is 5.10 Å². The molecule has 4 heteroatoms. The molecule has 0 bridgehead atoms. The molecule has 21 heavy (non-hydrogen) atoms. The average Bonchev–Trinajstić information content (AvgIpc) is 2.99. The second-order valence-corrected chi connectivity index (χ2v) is 5.08. The first-order valence-corrected chi connectivity index (χ1v) is 6.71. The Hall–Kier alpha value is -2.59. The Labute approximate surface area is 122 Å². The fourth-order valence-corrected chi connectivity index (χ4v) is 2.38. The first-order valence-electron chi connectivity index (χ1n) is 6.71. The molecule has 0 saturated heterocycles. The Morgan fingerprint density at radius 2 is 1.62 bits per heavy atom. The molecule has 2 N–H and O–H groups in total. The Bertz CT molecular complexity index is 731. The molecule has 1 atom stereocenters. The highest BCUT2D eigenvalue weighted by atomic mass is 16.3. The van der Waals surface area contributed by atoms with Crippen molar-refractivity contribution in [3.05, 3.63) is 78.1 Å². The molecular formula is C17H16N2O2. The predicted molar refractivity (Wildman–Crippen MR) is 80.3 cm³/mol. The number of aromatic hydroxyl groups is 1. The van der Waals surface area contributed by atoms with E-state index < -0.39 is 5.60 Å². The van der Waals surface area contributed by atoms with Crippen molar-refractivity contribution in [2.75, 3.05) is 0 Å². The number of para-hydroxylation sites is 1. The standard InChI is InChI=1S/C17H16N2O2/c1-17(21,13-7-9-15(20)10-8-13)16-11-12-18-19(16)14-5-3-2-4-6-14/h2-12,20-21H,1H3. The van der Waals surface area contributed by atoms with Crippen molar-refractivity contribution in [3.8, 4) is 11.4 Å². The number of benzene rings is 2. The number of aliphatic hydroxyl groups is 1. The third-order valence-electron chi connectivity index (χ3n) is 3.57. The molecule has 1 aromatic heterocycles. The van der Waals surface area contributed by atoms with Crippen LogP contribution in [0.3, 0.4) is 0 Å². The third kappa shape index (κ3) is 2.41. The lowest BCUT2D eigenvalue weighted by molar-refractivity contribution is 0.0945. The molecule has 2 aromatic carbocycles. The highest BCUT2D eigenvalue weighted by Gasteiger charge is 2.29. The van der Waals surface area contributed by atoms with Crippen LogP contribution in [0.25, 0.3) is 5.69 Å². The van der Waals surface area contributed by atoms with Gasteiger partial charge in [-0.1, -0.05) is 30.3 Å². The molecule has 0 aliphatic carbocycles. The summed E-state index contributed by atoms with van der Waals surface area (Å²) in [4.78, 5) is 0. The molecule has 4 nitrogen and oxygen atoms in total. The molecule has 0 fully saturated rings. The van der Waals surface area contributed by atoms with Gasteiger partial charge in [-0.2, -0.15) is 5.10 Å². The van der Waals surface area contributed by atoms with E-state index in [9.17, 15) is 10.2 Å². The van der Waals surface area contributed by atoms with Crippen LogP contribution >= 0.6 is 0 Å². The van der Waals surface area contributed by atoms with E-state index in [1.54, 1.807) is 48.1 Å². The second-order valence-electron chi connectivity index (χ2n) is 5.08. The minimum Gasteiger partial charge on any atom is -0.508 e. The number of aromatic nitrogens is 2. The maximum atomic E-state index is 10.9. The van der Waals surface area contributed by atoms with Crippen LogP contribution in [-0.4, -0.2) is 20.0 Å². The van der Waals surface area contributed by atoms with Gasteiger partial charge < -0.3 is 10.2 Å². The van der Waals surface area contributed by atoms with Crippen LogP contribution in [-0.2, 0) is 5.60 Å². The Morgan fingerprint density at radius 3 is 2.29 bits per heavy atom. The van der Waals surface area contributed by atoms with Crippen LogP contribution in [0.2, 0.25) is 0 Å². The van der Waals surface area contributed by atoms with Gasteiger partial charge in [0, 0.05) is 6.20 Å². The number of phenolic OH excluding ortho intramolecular Hbond substituents is 1. The third-order valence-corrected chi connectivity index (χ3v) is 3.57. The van der Waals surface area contributed by atoms with Gasteiger partial charge in [-0.15, -0.1) is 0 Å². The number of nitrogens with zero attached hydrogens (tertiary/aromatic N) is 2. The van der Waals surface area contributed by atoms with Crippen molar-refractivity contribution in [2.24, 2.45) is 0 Å². The van der Waals surface area contributed by atoms with Crippen molar-refractivity contribution in [3.63, 3.8) is 0 Å². The van der Waals surface area contributed by atoms with Gasteiger partial charge in [-0.25, -0.2) is 4.68 Å². The summed E-state index contributed by atoms with van der Waals surface area (Å²) < 4.78 is 1.72. The van der Waals surface area contributed by atoms with Crippen LogP contribution in [0.15, 0.2) is 66.9 Å². The maximum Gasteiger partial charge on any atom is 0.129 e. The summed E-state index contributed by atoms with van der Waals surface area (Å²) >= 11 is 0. The summed E-state index contributed by atoms with van der Waals surface area (Å²) in [6, 6.07) is 18.0. The molecular weight excluding hydrogens is 264 g/mol. The Morgan fingerprint density at radius 1 is 0.952 bits per heavy atom. The van der Waals surface area contributed by atoms with Gasteiger partial charge in [0.2, 0.25) is 0 Å². The van der Waals surface area contributed by atoms with E-state index in [1.807, 2.05) is 30.3 Å². The van der Waals surface area contributed by atoms with Crippen molar-refractivity contribution in [1.29, 1.82) is 0 Å². The fourth-order valence-electron chi connectivity index (χ4n) is 2.38. The van der Waals surface area contributed by atoms with Gasteiger partial charge in [0.25, 0.3) is 0 Å². The first kappa shape index (κ1) is 13.4. The quantitative estimate of drug-likeness (QED) is 0.775. The number of phenols is 1. The lowest BCUT2D eigenvalue weighted by Gasteiger charge is -2.25. The summed E-state index contributed by atoms with van der Waals surface area (Å²) in [5, 5.41) is 24.6. The van der Waals surface area contributed by atoms with E-state index in [0.717, 1.165) is 5.69 Å². The van der Waals surface area contributed by atoms with Crippen LogP contribution in [0.4, 0.5) is 0 Å². The smallest absolute Gasteiger partial charge is 0.129 e. The zero-order valence-corrected chi connectivity index (χ0v) is 11.6. The van der Waals surface area contributed by atoms with Crippen LogP contribution in [0.1, 0.15) is 18.2 Å². The SMILES string of the molecule is CC(O)(c1ccc(O)cc1)c1ccnn1-c1ccccc1. The van der Waals surface area contributed by atoms with Crippen molar-refractivity contribution >= 4 is 0 Å². The molecule has 0 aliphatic heterocycles. The van der Waals surface area contributed by atoms with E-state index in [-0.39, 0.29) is 5.75 Å². The maximum absolute atomic E-state index is 10.9. The average molecular weight is 280 g/mol. The first-order chi connectivity index (χ1) is 10.1. The Balaban J connectivity index is 2.08. The van der Waals surface area contributed by atoms with Crippen LogP contribution < -0.4 is 0 Å². The zero-order valence-electron chi connectivity index (χ0n) is 11.6. The molecule has 106 valence electrons. The molecule has 0 saturated carbocycles. The highest BCUT2D eigenvalue weighted by molar-refractivity contribution is 5.39. The van der Waals surface area contributed by atoms with Gasteiger partial charge in [-0.05, 0) is 42.8 Å². The molecule has 0 amide bonds. The van der Waals surface area contributed by atoms with Crippen molar-refractivity contribution in [1.82, 2.24) is 9.78 Å². The number of hydrogen-bond donors (Lipinski definition) is 2. The second kappa shape index (κ2) is 5.07. The summed E-state index contributed by atoms with van der Waals surface area (Å²) in [7, 11) is 0. The monoisotopic (exact) mass is 280 g/mol. The topological polar surface area (TPSA) is 58.3 Å². The van der Waals surface area contributed by atoms with Crippen molar-refractivity contribution in [2.45, 2.75) is 12.5 Å². The normalized spacial score (nSPS) is 13.8. The summed E-state index contributed by atoms with van der Waals surface area (Å²) in [6.07, 6.45) is 1.66. The molecule has 1 heterocycles. The molecule has 3 aromatic rings. The number of rotatable bonds is 3. The predicted octanol–water partition coefficient (Wildman–Crippen LogP) is 2.83. The summed E-state index contributed by atoms with van der Waals surface area (Å²) in [6.45, 7) is 1.72. The lowest BCUT2D eigenvalue weighted by Crippen LogP contribution is -2.26. The van der Waals surface area contributed by atoms with E-state index >= 15 is 0 Å². The Kier molecular flexibility index (Phi) is 3.23. The molecule has 0 radical (unpaired) electrons. The molecule has 0 spiro atoms. The molecule has 1 unspecified atom stereocenters. The van der Waals surface area contributed by atoms with Gasteiger partial charge in [0.05, 0.1) is 11.4 Å². The van der Waals surface area contributed by atoms with E-state index in [4.69, 9.17) is 0 Å². The minimum atomic E-state index is -1.21. The van der Waals surface area contributed by atoms with E-state index in [1.165, 1.54) is 0 Å². The highest BCUT2D eigenvalue weighted by Crippen LogP contribution is 2.31. The van der Waals surface area contributed by atoms with Gasteiger partial charge in [-0.3, -0.25) is 0 Å². The van der Waals surface area contributed by atoms with Gasteiger partial charge in [0.15, 0.2) is 0 Å². The minimum absolute atomic E-state index is 0.172. The summed E-state index contributed by atoms with van der Waals surface area (Å²) in [5.41, 5.74) is 1.04. The fraction of sp³-hybridized carbons (Fsp3) is 0.118. The van der Waals surface area contributed by atoms with Crippen LogP contribution in [0.5, 0.6) is 5.75 Å². The van der Waals surface area contributed by atoms with Crippen LogP contribution in [0, 0.1) is 0 Å². The van der Waals surface area contributed by atoms with Crippen molar-refractivity contribution < 1.29 is 10.2 Å². The van der Waals surface area contributed by atoms with E-state index in [0.29, 0.717) is 11.3 Å². The molecule has 3 rings (SSSR count).